The van der Waals surface area contributed by atoms with Gasteiger partial charge in [0, 0.05) is 37.5 Å². The summed E-state index contributed by atoms with van der Waals surface area (Å²) in [6.07, 6.45) is 12.4. The molecular formula is C19H28N4O2. The predicted octanol–water partition coefficient (Wildman–Crippen LogP) is 2.64. The first-order chi connectivity index (χ1) is 12.2. The minimum atomic E-state index is 0.206. The fourth-order valence-electron chi connectivity index (χ4n) is 4.88. The molecule has 0 radical (unpaired) electrons. The number of likely N-dealkylation sites (tertiary alicyclic amines) is 1. The molecule has 6 heteroatoms. The van der Waals surface area contributed by atoms with Gasteiger partial charge in [0.25, 0.3) is 0 Å². The summed E-state index contributed by atoms with van der Waals surface area (Å²) in [5.74, 6) is 1.84. The molecule has 3 fully saturated rings. The lowest BCUT2D eigenvalue weighted by atomic mass is 9.73. The van der Waals surface area contributed by atoms with Gasteiger partial charge in [-0.25, -0.2) is 9.97 Å². The number of ether oxygens (including phenoxy) is 1. The van der Waals surface area contributed by atoms with Crippen LogP contribution in [0.5, 0.6) is 5.75 Å². The van der Waals surface area contributed by atoms with Crippen LogP contribution in [0.15, 0.2) is 12.4 Å². The minimum Gasteiger partial charge on any atom is -0.494 e. The average molecular weight is 344 g/mol. The number of aromatic nitrogens is 2. The topological polar surface area (TPSA) is 58.6 Å². The summed E-state index contributed by atoms with van der Waals surface area (Å²) < 4.78 is 5.16. The number of hydrogen-bond acceptors (Lipinski definition) is 5. The van der Waals surface area contributed by atoms with Gasteiger partial charge in [0.15, 0.2) is 5.75 Å². The van der Waals surface area contributed by atoms with Crippen LogP contribution in [0.4, 0.5) is 5.95 Å². The fourth-order valence-corrected chi connectivity index (χ4v) is 4.88. The molecule has 1 amide bonds. The van der Waals surface area contributed by atoms with Gasteiger partial charge >= 0.3 is 0 Å². The van der Waals surface area contributed by atoms with Crippen LogP contribution in [0.3, 0.4) is 0 Å². The van der Waals surface area contributed by atoms with Crippen LogP contribution >= 0.6 is 0 Å². The van der Waals surface area contributed by atoms with E-state index in [1.54, 1.807) is 19.5 Å². The normalized spacial score (nSPS) is 28.0. The van der Waals surface area contributed by atoms with Gasteiger partial charge < -0.3 is 14.5 Å². The highest BCUT2D eigenvalue weighted by atomic mass is 16.5. The summed E-state index contributed by atoms with van der Waals surface area (Å²) in [5, 5.41) is 0. The monoisotopic (exact) mass is 344 g/mol. The Hall–Kier alpha value is -1.85. The molecule has 3 aliphatic rings. The first kappa shape index (κ1) is 16.6. The first-order valence-electron chi connectivity index (χ1n) is 9.60. The van der Waals surface area contributed by atoms with E-state index < -0.39 is 0 Å². The molecule has 6 nitrogen and oxygen atoms in total. The van der Waals surface area contributed by atoms with Crippen LogP contribution in [0, 0.1) is 5.41 Å². The molecule has 1 atom stereocenters. The zero-order valence-corrected chi connectivity index (χ0v) is 15.1. The van der Waals surface area contributed by atoms with Gasteiger partial charge in [-0.05, 0) is 32.1 Å². The van der Waals surface area contributed by atoms with E-state index in [-0.39, 0.29) is 5.41 Å². The standard InChI is InChI=1S/C19H28N4O2/c1-25-16-11-20-18(21-12-16)22-10-4-8-19(13-22)9-7-17(24)23(14-19)15-5-2-3-6-15/h11-12,15H,2-10,13-14H2,1H3/t19-/m0/s1. The quantitative estimate of drug-likeness (QED) is 0.844. The molecule has 0 unspecified atom stereocenters. The Morgan fingerprint density at radius 2 is 1.88 bits per heavy atom. The Morgan fingerprint density at radius 3 is 2.60 bits per heavy atom. The Bertz CT molecular complexity index is 614. The predicted molar refractivity (Wildman–Crippen MR) is 95.7 cm³/mol. The molecular weight excluding hydrogens is 316 g/mol. The molecule has 0 bridgehead atoms. The number of amides is 1. The van der Waals surface area contributed by atoms with Crippen LogP contribution in [0.1, 0.15) is 51.4 Å². The highest BCUT2D eigenvalue weighted by Crippen LogP contribution is 2.41. The van der Waals surface area contributed by atoms with E-state index in [9.17, 15) is 4.79 Å². The van der Waals surface area contributed by atoms with E-state index in [0.29, 0.717) is 24.1 Å². The molecule has 1 saturated carbocycles. The zero-order chi connectivity index (χ0) is 17.3. The first-order valence-corrected chi connectivity index (χ1v) is 9.60. The molecule has 0 N–H and O–H groups in total. The van der Waals surface area contributed by atoms with Crippen molar-refractivity contribution in [2.75, 3.05) is 31.6 Å². The van der Waals surface area contributed by atoms with Crippen LogP contribution in [-0.4, -0.2) is 53.6 Å². The fraction of sp³-hybridized carbons (Fsp3) is 0.737. The van der Waals surface area contributed by atoms with Crippen molar-refractivity contribution < 1.29 is 9.53 Å². The van der Waals surface area contributed by atoms with E-state index in [0.717, 1.165) is 38.4 Å². The Labute approximate surface area is 149 Å². The summed E-state index contributed by atoms with van der Waals surface area (Å²) >= 11 is 0. The lowest BCUT2D eigenvalue weighted by Crippen LogP contribution is -2.56. The summed E-state index contributed by atoms with van der Waals surface area (Å²) in [7, 11) is 1.63. The molecule has 3 heterocycles. The number of anilines is 1. The van der Waals surface area contributed by atoms with Gasteiger partial charge in [0.2, 0.25) is 11.9 Å². The zero-order valence-electron chi connectivity index (χ0n) is 15.1. The number of carbonyl (C=O) groups excluding carboxylic acids is 1. The van der Waals surface area contributed by atoms with Gasteiger partial charge in [0.05, 0.1) is 19.5 Å². The third-order valence-corrected chi connectivity index (χ3v) is 6.26. The molecule has 1 aromatic heterocycles. The van der Waals surface area contributed by atoms with Gasteiger partial charge in [-0.3, -0.25) is 4.79 Å². The number of nitrogens with zero attached hydrogens (tertiary/aromatic N) is 4. The van der Waals surface area contributed by atoms with Gasteiger partial charge in [-0.2, -0.15) is 0 Å². The maximum absolute atomic E-state index is 12.5. The summed E-state index contributed by atoms with van der Waals surface area (Å²) in [4.78, 5) is 26.0. The van der Waals surface area contributed by atoms with Crippen molar-refractivity contribution in [1.82, 2.24) is 14.9 Å². The van der Waals surface area contributed by atoms with Crippen LogP contribution < -0.4 is 9.64 Å². The lowest BCUT2D eigenvalue weighted by molar-refractivity contribution is -0.140. The largest absolute Gasteiger partial charge is 0.494 e. The van der Waals surface area contributed by atoms with Gasteiger partial charge in [0.1, 0.15) is 0 Å². The second kappa shape index (κ2) is 6.81. The van der Waals surface area contributed by atoms with E-state index in [2.05, 4.69) is 19.8 Å². The Balaban J connectivity index is 1.49. The number of piperidine rings is 2. The summed E-state index contributed by atoms with van der Waals surface area (Å²) in [5.41, 5.74) is 0.206. The van der Waals surface area contributed by atoms with Crippen molar-refractivity contribution in [3.8, 4) is 5.75 Å². The lowest BCUT2D eigenvalue weighted by Gasteiger charge is -2.49. The van der Waals surface area contributed by atoms with Crippen molar-refractivity contribution in [2.45, 2.75) is 57.4 Å². The van der Waals surface area contributed by atoms with Crippen molar-refractivity contribution >= 4 is 11.9 Å². The minimum absolute atomic E-state index is 0.206. The smallest absolute Gasteiger partial charge is 0.225 e. The molecule has 2 saturated heterocycles. The Kier molecular flexibility index (Phi) is 4.52. The van der Waals surface area contributed by atoms with Crippen LogP contribution in [-0.2, 0) is 4.79 Å². The number of hydrogen-bond donors (Lipinski definition) is 0. The van der Waals surface area contributed by atoms with Gasteiger partial charge in [-0.1, -0.05) is 12.8 Å². The summed E-state index contributed by atoms with van der Waals surface area (Å²) in [6.45, 7) is 2.87. The van der Waals surface area contributed by atoms with E-state index >= 15 is 0 Å². The number of methoxy groups -OCH3 is 1. The maximum atomic E-state index is 12.5. The molecule has 1 aromatic rings. The molecule has 25 heavy (non-hydrogen) atoms. The van der Waals surface area contributed by atoms with Crippen molar-refractivity contribution in [1.29, 1.82) is 0 Å². The molecule has 4 rings (SSSR count). The summed E-state index contributed by atoms with van der Waals surface area (Å²) in [6, 6.07) is 0.484. The van der Waals surface area contributed by atoms with Crippen molar-refractivity contribution in [2.24, 2.45) is 5.41 Å². The third-order valence-electron chi connectivity index (χ3n) is 6.26. The second-order valence-electron chi connectivity index (χ2n) is 7.91. The molecule has 1 aliphatic carbocycles. The maximum Gasteiger partial charge on any atom is 0.225 e. The molecule has 2 aliphatic heterocycles. The highest BCUT2D eigenvalue weighted by Gasteiger charge is 2.44. The van der Waals surface area contributed by atoms with Crippen LogP contribution in [0.2, 0.25) is 0 Å². The third kappa shape index (κ3) is 3.31. The number of carbonyl (C=O) groups is 1. The molecule has 136 valence electrons. The Morgan fingerprint density at radius 1 is 1.12 bits per heavy atom. The average Bonchev–Trinajstić information content (AvgIpc) is 3.19. The highest BCUT2D eigenvalue weighted by molar-refractivity contribution is 5.77. The molecule has 0 aromatic carbocycles. The molecule has 1 spiro atoms. The van der Waals surface area contributed by atoms with E-state index in [4.69, 9.17) is 4.74 Å². The van der Waals surface area contributed by atoms with Crippen molar-refractivity contribution in [3.05, 3.63) is 12.4 Å². The second-order valence-corrected chi connectivity index (χ2v) is 7.91. The number of rotatable bonds is 3. The SMILES string of the molecule is COc1cnc(N2CCC[C@]3(CCC(=O)N(C4CCCC4)C3)C2)nc1. The van der Waals surface area contributed by atoms with Gasteiger partial charge in [-0.15, -0.1) is 0 Å². The van der Waals surface area contributed by atoms with Crippen molar-refractivity contribution in [3.63, 3.8) is 0 Å². The van der Waals surface area contributed by atoms with E-state index in [1.165, 1.54) is 32.1 Å². The van der Waals surface area contributed by atoms with E-state index in [1.807, 2.05) is 0 Å². The van der Waals surface area contributed by atoms with Crippen LogP contribution in [0.25, 0.3) is 0 Å².